The molecule has 0 saturated carbocycles. The van der Waals surface area contributed by atoms with Gasteiger partial charge < -0.3 is 10.6 Å². The maximum Gasteiger partial charge on any atom is 0.225 e. The van der Waals surface area contributed by atoms with Crippen LogP contribution < -0.4 is 10.6 Å². The van der Waals surface area contributed by atoms with Crippen LogP contribution in [0.25, 0.3) is 0 Å². The molecule has 1 aromatic rings. The minimum Gasteiger partial charge on any atom is -0.336 e. The second kappa shape index (κ2) is 4.33. The first-order valence-electron chi connectivity index (χ1n) is 5.16. The van der Waals surface area contributed by atoms with Gasteiger partial charge in [0.25, 0.3) is 0 Å². The summed E-state index contributed by atoms with van der Waals surface area (Å²) in [5.74, 6) is 1.34. The third-order valence-corrected chi connectivity index (χ3v) is 3.18. The monoisotopic (exact) mass is 226 g/mol. The molecular weight excluding hydrogens is 212 g/mol. The summed E-state index contributed by atoms with van der Waals surface area (Å²) in [7, 11) is 0. The fourth-order valence-electron chi connectivity index (χ4n) is 2.07. The second-order valence-electron chi connectivity index (χ2n) is 3.96. The third-order valence-electron chi connectivity index (χ3n) is 2.99. The number of aromatic nitrogens is 2. The molecule has 0 radical (unpaired) electrons. The first kappa shape index (κ1) is 10.6. The number of rotatable bonds is 2. The number of hydrogen-bond donors (Lipinski definition) is 1. The summed E-state index contributed by atoms with van der Waals surface area (Å²) in [6.45, 7) is 3.84. The second-order valence-corrected chi connectivity index (χ2v) is 4.40. The van der Waals surface area contributed by atoms with Crippen molar-refractivity contribution in [2.24, 2.45) is 11.7 Å². The molecule has 1 aromatic heterocycles. The SMILES string of the molecule is CC1CCN(c2ncc(Cl)cn2)C1CN. The fraction of sp³-hybridized carbons (Fsp3) is 0.600. The zero-order valence-electron chi connectivity index (χ0n) is 8.73. The lowest BCUT2D eigenvalue weighted by molar-refractivity contribution is 0.515. The molecule has 0 aliphatic carbocycles. The Balaban J connectivity index is 2.20. The lowest BCUT2D eigenvalue weighted by Gasteiger charge is -2.25. The van der Waals surface area contributed by atoms with Gasteiger partial charge >= 0.3 is 0 Å². The van der Waals surface area contributed by atoms with Gasteiger partial charge in [-0.2, -0.15) is 0 Å². The van der Waals surface area contributed by atoms with Gasteiger partial charge in [-0.15, -0.1) is 0 Å². The normalized spacial score (nSPS) is 25.9. The summed E-state index contributed by atoms with van der Waals surface area (Å²) in [6.07, 6.45) is 4.40. The third kappa shape index (κ3) is 2.06. The van der Waals surface area contributed by atoms with Crippen molar-refractivity contribution in [3.63, 3.8) is 0 Å². The van der Waals surface area contributed by atoms with Gasteiger partial charge in [-0.1, -0.05) is 18.5 Å². The van der Waals surface area contributed by atoms with Crippen molar-refractivity contribution in [2.45, 2.75) is 19.4 Å². The van der Waals surface area contributed by atoms with Crippen molar-refractivity contribution in [2.75, 3.05) is 18.0 Å². The fourth-order valence-corrected chi connectivity index (χ4v) is 2.17. The summed E-state index contributed by atoms with van der Waals surface area (Å²) < 4.78 is 0. The van der Waals surface area contributed by atoms with E-state index in [0.717, 1.165) is 18.9 Å². The van der Waals surface area contributed by atoms with Crippen LogP contribution in [0.2, 0.25) is 5.02 Å². The van der Waals surface area contributed by atoms with Crippen LogP contribution in [0.1, 0.15) is 13.3 Å². The Hall–Kier alpha value is -0.870. The van der Waals surface area contributed by atoms with E-state index in [1.54, 1.807) is 12.4 Å². The summed E-state index contributed by atoms with van der Waals surface area (Å²) >= 11 is 5.75. The van der Waals surface area contributed by atoms with Crippen LogP contribution in [0.3, 0.4) is 0 Å². The maximum atomic E-state index is 5.76. The van der Waals surface area contributed by atoms with E-state index in [1.165, 1.54) is 0 Å². The van der Waals surface area contributed by atoms with Gasteiger partial charge in [0.2, 0.25) is 5.95 Å². The average molecular weight is 227 g/mol. The van der Waals surface area contributed by atoms with E-state index in [9.17, 15) is 0 Å². The van der Waals surface area contributed by atoms with E-state index < -0.39 is 0 Å². The van der Waals surface area contributed by atoms with Gasteiger partial charge in [-0.25, -0.2) is 9.97 Å². The molecule has 2 atom stereocenters. The van der Waals surface area contributed by atoms with Crippen molar-refractivity contribution < 1.29 is 0 Å². The molecular formula is C10H15ClN4. The van der Waals surface area contributed by atoms with E-state index in [2.05, 4.69) is 21.8 Å². The molecule has 2 heterocycles. The highest BCUT2D eigenvalue weighted by atomic mass is 35.5. The molecule has 1 fully saturated rings. The van der Waals surface area contributed by atoms with Gasteiger partial charge in [0, 0.05) is 19.1 Å². The van der Waals surface area contributed by atoms with E-state index in [1.807, 2.05) is 0 Å². The first-order valence-corrected chi connectivity index (χ1v) is 5.54. The van der Waals surface area contributed by atoms with Crippen LogP contribution in [0.5, 0.6) is 0 Å². The lowest BCUT2D eigenvalue weighted by atomic mass is 10.0. The zero-order valence-corrected chi connectivity index (χ0v) is 9.48. The van der Waals surface area contributed by atoms with Gasteiger partial charge in [-0.05, 0) is 12.3 Å². The van der Waals surface area contributed by atoms with E-state index in [0.29, 0.717) is 23.5 Å². The average Bonchev–Trinajstić information content (AvgIpc) is 2.61. The lowest BCUT2D eigenvalue weighted by Crippen LogP contribution is -2.39. The van der Waals surface area contributed by atoms with Crippen LogP contribution in [0.4, 0.5) is 5.95 Å². The Kier molecular flexibility index (Phi) is 3.07. The standard InChI is InChI=1S/C10H15ClN4/c1-7-2-3-15(9(7)4-12)10-13-5-8(11)6-14-10/h5-7,9H,2-4,12H2,1H3. The quantitative estimate of drug-likeness (QED) is 0.826. The van der Waals surface area contributed by atoms with E-state index in [4.69, 9.17) is 17.3 Å². The molecule has 2 N–H and O–H groups in total. The molecule has 1 aliphatic rings. The van der Waals surface area contributed by atoms with Crippen molar-refractivity contribution in [3.05, 3.63) is 17.4 Å². The Morgan fingerprint density at radius 3 is 2.80 bits per heavy atom. The Morgan fingerprint density at radius 1 is 1.53 bits per heavy atom. The minimum absolute atomic E-state index is 0.353. The maximum absolute atomic E-state index is 5.76. The van der Waals surface area contributed by atoms with E-state index in [-0.39, 0.29) is 0 Å². The molecule has 2 unspecified atom stereocenters. The van der Waals surface area contributed by atoms with E-state index >= 15 is 0 Å². The molecule has 82 valence electrons. The molecule has 0 amide bonds. The largest absolute Gasteiger partial charge is 0.336 e. The molecule has 4 nitrogen and oxygen atoms in total. The number of halogens is 1. The molecule has 1 saturated heterocycles. The van der Waals surface area contributed by atoms with Crippen LogP contribution in [-0.4, -0.2) is 29.1 Å². The van der Waals surface area contributed by atoms with Crippen LogP contribution in [0.15, 0.2) is 12.4 Å². The van der Waals surface area contributed by atoms with Crippen LogP contribution in [0, 0.1) is 5.92 Å². The minimum atomic E-state index is 0.353. The summed E-state index contributed by atoms with van der Waals surface area (Å²) in [4.78, 5) is 10.6. The van der Waals surface area contributed by atoms with Crippen molar-refractivity contribution in [1.29, 1.82) is 0 Å². The first-order chi connectivity index (χ1) is 7.22. The molecule has 2 rings (SSSR count). The predicted molar refractivity (Wildman–Crippen MR) is 61.0 cm³/mol. The van der Waals surface area contributed by atoms with Crippen LogP contribution >= 0.6 is 11.6 Å². The van der Waals surface area contributed by atoms with Gasteiger partial charge in [-0.3, -0.25) is 0 Å². The molecule has 5 heteroatoms. The van der Waals surface area contributed by atoms with Gasteiger partial charge in [0.05, 0.1) is 17.4 Å². The molecule has 15 heavy (non-hydrogen) atoms. The van der Waals surface area contributed by atoms with Crippen LogP contribution in [-0.2, 0) is 0 Å². The van der Waals surface area contributed by atoms with Crippen molar-refractivity contribution in [3.8, 4) is 0 Å². The summed E-state index contributed by atoms with van der Waals surface area (Å²) in [6, 6.07) is 0.353. The summed E-state index contributed by atoms with van der Waals surface area (Å²) in [5, 5.41) is 0.565. The molecule has 0 spiro atoms. The molecule has 0 bridgehead atoms. The van der Waals surface area contributed by atoms with Crippen molar-refractivity contribution >= 4 is 17.5 Å². The number of nitrogens with two attached hydrogens (primary N) is 1. The number of nitrogens with zero attached hydrogens (tertiary/aromatic N) is 3. The smallest absolute Gasteiger partial charge is 0.225 e. The Bertz CT molecular complexity index is 327. The topological polar surface area (TPSA) is 55.0 Å². The van der Waals surface area contributed by atoms with Gasteiger partial charge in [0.15, 0.2) is 0 Å². The Labute approximate surface area is 94.5 Å². The zero-order chi connectivity index (χ0) is 10.8. The Morgan fingerprint density at radius 2 is 2.20 bits per heavy atom. The summed E-state index contributed by atoms with van der Waals surface area (Å²) in [5.41, 5.74) is 5.76. The highest BCUT2D eigenvalue weighted by molar-refractivity contribution is 6.30. The highest BCUT2D eigenvalue weighted by Gasteiger charge is 2.31. The van der Waals surface area contributed by atoms with Gasteiger partial charge in [0.1, 0.15) is 0 Å². The number of hydrogen-bond acceptors (Lipinski definition) is 4. The molecule has 1 aliphatic heterocycles. The van der Waals surface area contributed by atoms with Crippen molar-refractivity contribution in [1.82, 2.24) is 9.97 Å². The molecule has 0 aromatic carbocycles. The predicted octanol–water partition coefficient (Wildman–Crippen LogP) is 1.30. The highest BCUT2D eigenvalue weighted by Crippen LogP contribution is 2.26. The number of anilines is 1.